The zero-order valence-electron chi connectivity index (χ0n) is 8.45. The molecular formula is C12H6Cl3NO. The number of hydrogen-bond donors (Lipinski definition) is 0. The minimum atomic E-state index is 0.202. The Hall–Kier alpha value is -1.09. The van der Waals surface area contributed by atoms with E-state index in [9.17, 15) is 4.79 Å². The highest BCUT2D eigenvalue weighted by molar-refractivity contribution is 6.43. The Morgan fingerprint density at radius 2 is 1.88 bits per heavy atom. The van der Waals surface area contributed by atoms with E-state index in [1.165, 1.54) is 6.20 Å². The average Bonchev–Trinajstić information content (AvgIpc) is 2.32. The molecule has 0 bridgehead atoms. The number of aldehydes is 1. The molecule has 0 saturated heterocycles. The van der Waals surface area contributed by atoms with Crippen LogP contribution in [0.5, 0.6) is 0 Å². The number of pyridine rings is 1. The number of nitrogens with zero attached hydrogens (tertiary/aromatic N) is 1. The van der Waals surface area contributed by atoms with Crippen LogP contribution in [-0.2, 0) is 0 Å². The lowest BCUT2D eigenvalue weighted by Crippen LogP contribution is -1.90. The molecule has 0 saturated carbocycles. The highest BCUT2D eigenvalue weighted by Gasteiger charge is 2.09. The van der Waals surface area contributed by atoms with Crippen molar-refractivity contribution in [2.75, 3.05) is 0 Å². The van der Waals surface area contributed by atoms with Crippen LogP contribution in [0.1, 0.15) is 10.5 Å². The van der Waals surface area contributed by atoms with Crippen LogP contribution >= 0.6 is 34.8 Å². The maximum Gasteiger partial charge on any atom is 0.169 e. The summed E-state index contributed by atoms with van der Waals surface area (Å²) in [6.07, 6.45) is 2.14. The molecule has 1 aromatic heterocycles. The minimum absolute atomic E-state index is 0.202. The van der Waals surface area contributed by atoms with E-state index in [0.29, 0.717) is 21.9 Å². The van der Waals surface area contributed by atoms with E-state index in [4.69, 9.17) is 34.8 Å². The number of carbonyl (C=O) groups is 1. The van der Waals surface area contributed by atoms with Crippen LogP contribution in [0, 0.1) is 0 Å². The fourth-order valence-electron chi connectivity index (χ4n) is 1.41. The van der Waals surface area contributed by atoms with Crippen molar-refractivity contribution >= 4 is 41.1 Å². The van der Waals surface area contributed by atoms with Gasteiger partial charge in [-0.05, 0) is 12.1 Å². The molecular weight excluding hydrogens is 280 g/mol. The van der Waals surface area contributed by atoms with E-state index in [-0.39, 0.29) is 10.7 Å². The van der Waals surface area contributed by atoms with Crippen molar-refractivity contribution in [2.45, 2.75) is 0 Å². The van der Waals surface area contributed by atoms with Gasteiger partial charge in [0, 0.05) is 17.3 Å². The van der Waals surface area contributed by atoms with Crippen molar-refractivity contribution in [1.82, 2.24) is 4.98 Å². The van der Waals surface area contributed by atoms with Crippen LogP contribution in [0.15, 0.2) is 30.5 Å². The lowest BCUT2D eigenvalue weighted by Gasteiger charge is -2.06. The van der Waals surface area contributed by atoms with Gasteiger partial charge in [0.25, 0.3) is 0 Å². The van der Waals surface area contributed by atoms with Gasteiger partial charge >= 0.3 is 0 Å². The zero-order valence-corrected chi connectivity index (χ0v) is 10.7. The summed E-state index contributed by atoms with van der Waals surface area (Å²) in [6, 6.07) is 6.92. The van der Waals surface area contributed by atoms with Crippen LogP contribution in [-0.4, -0.2) is 11.3 Å². The maximum absolute atomic E-state index is 10.6. The van der Waals surface area contributed by atoms with Gasteiger partial charge < -0.3 is 0 Å². The summed E-state index contributed by atoms with van der Waals surface area (Å²) < 4.78 is 0. The summed E-state index contributed by atoms with van der Waals surface area (Å²) in [7, 11) is 0. The topological polar surface area (TPSA) is 30.0 Å². The molecule has 0 N–H and O–H groups in total. The molecule has 0 amide bonds. The molecule has 0 spiro atoms. The third kappa shape index (κ3) is 2.44. The Morgan fingerprint density at radius 1 is 1.12 bits per heavy atom. The first-order valence-corrected chi connectivity index (χ1v) is 5.82. The molecule has 2 aromatic rings. The van der Waals surface area contributed by atoms with Gasteiger partial charge in [0.1, 0.15) is 5.69 Å². The summed E-state index contributed by atoms with van der Waals surface area (Å²) >= 11 is 17.9. The van der Waals surface area contributed by atoms with Crippen molar-refractivity contribution in [3.05, 3.63) is 51.2 Å². The van der Waals surface area contributed by atoms with Gasteiger partial charge in [-0.25, -0.2) is 0 Å². The summed E-state index contributed by atoms with van der Waals surface area (Å²) in [5, 5.41) is 1.18. The summed E-state index contributed by atoms with van der Waals surface area (Å²) in [6.45, 7) is 0. The SMILES string of the molecule is O=Cc1ncc(-c2cccc(Cl)c2Cl)cc1Cl. The minimum Gasteiger partial charge on any atom is -0.296 e. The smallest absolute Gasteiger partial charge is 0.169 e. The number of halogens is 3. The molecule has 2 nitrogen and oxygen atoms in total. The van der Waals surface area contributed by atoms with E-state index in [2.05, 4.69) is 4.98 Å². The Kier molecular flexibility index (Phi) is 3.67. The monoisotopic (exact) mass is 285 g/mol. The van der Waals surface area contributed by atoms with Crippen LogP contribution in [0.25, 0.3) is 11.1 Å². The standard InChI is InChI=1S/C12H6Cl3NO/c13-9-3-1-2-8(12(9)15)7-4-10(14)11(6-17)16-5-7/h1-6H. The molecule has 1 heterocycles. The van der Waals surface area contributed by atoms with E-state index < -0.39 is 0 Å². The number of hydrogen-bond acceptors (Lipinski definition) is 2. The van der Waals surface area contributed by atoms with Gasteiger partial charge in [-0.2, -0.15) is 0 Å². The van der Waals surface area contributed by atoms with Gasteiger partial charge in [-0.3, -0.25) is 9.78 Å². The highest BCUT2D eigenvalue weighted by atomic mass is 35.5. The van der Waals surface area contributed by atoms with Gasteiger partial charge in [0.15, 0.2) is 6.29 Å². The second-order valence-corrected chi connectivity index (χ2v) is 4.50. The van der Waals surface area contributed by atoms with E-state index in [1.807, 2.05) is 6.07 Å². The molecule has 0 aliphatic carbocycles. The number of benzene rings is 1. The number of aromatic nitrogens is 1. The fraction of sp³-hybridized carbons (Fsp3) is 0. The Morgan fingerprint density at radius 3 is 2.53 bits per heavy atom. The van der Waals surface area contributed by atoms with Crippen molar-refractivity contribution < 1.29 is 4.79 Å². The van der Waals surface area contributed by atoms with Gasteiger partial charge in [-0.15, -0.1) is 0 Å². The highest BCUT2D eigenvalue weighted by Crippen LogP contribution is 2.34. The first-order chi connectivity index (χ1) is 8.13. The predicted molar refractivity (Wildman–Crippen MR) is 70.1 cm³/mol. The van der Waals surface area contributed by atoms with Crippen molar-refractivity contribution in [2.24, 2.45) is 0 Å². The molecule has 0 aliphatic rings. The molecule has 0 fully saturated rings. The lowest BCUT2D eigenvalue weighted by molar-refractivity contribution is 0.111. The summed E-state index contributed by atoms with van der Waals surface area (Å²) in [5.74, 6) is 0. The van der Waals surface area contributed by atoms with Gasteiger partial charge in [-0.1, -0.05) is 46.9 Å². The Bertz CT molecular complexity index is 584. The first kappa shape index (κ1) is 12.4. The molecule has 0 atom stereocenters. The van der Waals surface area contributed by atoms with Crippen LogP contribution < -0.4 is 0 Å². The first-order valence-electron chi connectivity index (χ1n) is 4.68. The van der Waals surface area contributed by atoms with Crippen LogP contribution in [0.4, 0.5) is 0 Å². The molecule has 86 valence electrons. The van der Waals surface area contributed by atoms with E-state index >= 15 is 0 Å². The number of carbonyl (C=O) groups excluding carboxylic acids is 1. The third-order valence-electron chi connectivity index (χ3n) is 2.24. The molecule has 0 radical (unpaired) electrons. The molecule has 1 aromatic carbocycles. The van der Waals surface area contributed by atoms with Crippen molar-refractivity contribution in [3.8, 4) is 11.1 Å². The van der Waals surface area contributed by atoms with Crippen molar-refractivity contribution in [3.63, 3.8) is 0 Å². The number of rotatable bonds is 2. The molecule has 0 unspecified atom stereocenters. The average molecular weight is 287 g/mol. The molecule has 0 aliphatic heterocycles. The Labute approximate surface area is 113 Å². The molecule has 5 heteroatoms. The zero-order chi connectivity index (χ0) is 12.4. The Balaban J connectivity index is 2.57. The van der Waals surface area contributed by atoms with Gasteiger partial charge in [0.2, 0.25) is 0 Å². The van der Waals surface area contributed by atoms with Crippen molar-refractivity contribution in [1.29, 1.82) is 0 Å². The quantitative estimate of drug-likeness (QED) is 0.760. The normalized spacial score (nSPS) is 10.3. The van der Waals surface area contributed by atoms with E-state index in [0.717, 1.165) is 5.56 Å². The largest absolute Gasteiger partial charge is 0.296 e. The fourth-order valence-corrected chi connectivity index (χ4v) is 2.03. The second kappa shape index (κ2) is 5.05. The molecule has 17 heavy (non-hydrogen) atoms. The van der Waals surface area contributed by atoms with Gasteiger partial charge in [0.05, 0.1) is 15.1 Å². The second-order valence-electron chi connectivity index (χ2n) is 3.31. The maximum atomic E-state index is 10.6. The summed E-state index contributed by atoms with van der Waals surface area (Å²) in [5.41, 5.74) is 1.65. The predicted octanol–water partition coefficient (Wildman–Crippen LogP) is 4.52. The third-order valence-corrected chi connectivity index (χ3v) is 3.37. The van der Waals surface area contributed by atoms with Crippen LogP contribution in [0.3, 0.4) is 0 Å². The molecule has 2 rings (SSSR count). The van der Waals surface area contributed by atoms with E-state index in [1.54, 1.807) is 18.2 Å². The van der Waals surface area contributed by atoms with Crippen LogP contribution in [0.2, 0.25) is 15.1 Å². The lowest BCUT2D eigenvalue weighted by atomic mass is 10.1. The summed E-state index contributed by atoms with van der Waals surface area (Å²) in [4.78, 5) is 14.5.